The van der Waals surface area contributed by atoms with Crippen molar-refractivity contribution in [3.8, 4) is 0 Å². The number of carboxylic acid groups (broad SMARTS) is 2. The number of rotatable bonds is 16. The predicted octanol–water partition coefficient (Wildman–Crippen LogP) is 8.02. The average molecular weight is 847 g/mol. The van der Waals surface area contributed by atoms with Crippen LogP contribution in [0, 0.1) is 11.8 Å². The largest absolute Gasteiger partial charge is 0.481 e. The molecule has 2 saturated heterocycles. The number of carbonyl (C=O) groups is 4. The van der Waals surface area contributed by atoms with Gasteiger partial charge in [0.05, 0.1) is 11.1 Å². The molecule has 2 amide bonds. The molecule has 0 spiro atoms. The van der Waals surface area contributed by atoms with E-state index in [-0.39, 0.29) is 36.5 Å². The lowest BCUT2D eigenvalue weighted by atomic mass is 9.94. The van der Waals surface area contributed by atoms with Gasteiger partial charge in [0, 0.05) is 85.3 Å². The minimum absolute atomic E-state index is 0.0296. The molecule has 3 N–H and O–H groups in total. The van der Waals surface area contributed by atoms with E-state index in [1.807, 2.05) is 55.2 Å². The van der Waals surface area contributed by atoms with E-state index in [4.69, 9.17) is 15.1 Å². The number of anilines is 4. The zero-order valence-electron chi connectivity index (χ0n) is 37.7. The number of aromatic nitrogens is 2. The highest BCUT2D eigenvalue weighted by atomic mass is 16.4. The Labute approximate surface area is 364 Å². The Morgan fingerprint density at radius 2 is 1.11 bits per heavy atom. The van der Waals surface area contributed by atoms with Crippen LogP contribution in [0.4, 0.5) is 23.3 Å². The van der Waals surface area contributed by atoms with Crippen molar-refractivity contribution >= 4 is 47.0 Å². The van der Waals surface area contributed by atoms with Crippen LogP contribution in [0.2, 0.25) is 0 Å². The Bertz CT molecular complexity index is 1750. The summed E-state index contributed by atoms with van der Waals surface area (Å²) in [7, 11) is 5.84. The summed E-state index contributed by atoms with van der Waals surface area (Å²) in [4.78, 5) is 68.9. The zero-order valence-corrected chi connectivity index (χ0v) is 37.7. The Morgan fingerprint density at radius 3 is 1.59 bits per heavy atom. The summed E-state index contributed by atoms with van der Waals surface area (Å²) in [6, 6.07) is 8.29. The van der Waals surface area contributed by atoms with Gasteiger partial charge in [-0.15, -0.1) is 0 Å². The lowest BCUT2D eigenvalue weighted by Crippen LogP contribution is -2.40. The maximum absolute atomic E-state index is 13.4. The first-order valence-corrected chi connectivity index (χ1v) is 23.3. The van der Waals surface area contributed by atoms with Gasteiger partial charge >= 0.3 is 11.9 Å². The molecule has 2 aliphatic carbocycles. The summed E-state index contributed by atoms with van der Waals surface area (Å²) < 4.78 is 0. The summed E-state index contributed by atoms with van der Waals surface area (Å²) in [6.07, 6.45) is 17.7. The van der Waals surface area contributed by atoms with Crippen molar-refractivity contribution in [2.75, 3.05) is 80.4 Å². The van der Waals surface area contributed by atoms with E-state index in [2.05, 4.69) is 33.9 Å². The molecule has 2 saturated carbocycles. The van der Waals surface area contributed by atoms with Crippen molar-refractivity contribution in [1.82, 2.24) is 19.8 Å². The number of amides is 2. The minimum Gasteiger partial charge on any atom is -0.481 e. The molecule has 0 bridgehead atoms. The van der Waals surface area contributed by atoms with Crippen molar-refractivity contribution in [1.29, 1.82) is 0 Å². The van der Waals surface area contributed by atoms with E-state index < -0.39 is 11.9 Å². The fourth-order valence-electron chi connectivity index (χ4n) is 9.71. The molecule has 338 valence electrons. The fourth-order valence-corrected chi connectivity index (χ4v) is 9.71. The van der Waals surface area contributed by atoms with Gasteiger partial charge in [0.15, 0.2) is 0 Å². The third-order valence-corrected chi connectivity index (χ3v) is 13.2. The molecular formula is C47H74N8O6. The van der Waals surface area contributed by atoms with Crippen LogP contribution >= 0.6 is 0 Å². The summed E-state index contributed by atoms with van der Waals surface area (Å²) in [5.74, 6) is 1.91. The van der Waals surface area contributed by atoms with Crippen LogP contribution in [0.5, 0.6) is 0 Å². The molecule has 2 atom stereocenters. The van der Waals surface area contributed by atoms with Gasteiger partial charge < -0.3 is 40.0 Å². The average Bonchev–Trinajstić information content (AvgIpc) is 3.27. The van der Waals surface area contributed by atoms with E-state index in [1.165, 1.54) is 38.5 Å². The van der Waals surface area contributed by atoms with Crippen LogP contribution in [0.25, 0.3) is 0 Å². The first-order chi connectivity index (χ1) is 29.4. The number of piperidine rings is 2. The highest BCUT2D eigenvalue weighted by molar-refractivity contribution is 6.00. The molecule has 4 aliphatic rings. The number of nitrogens with one attached hydrogen (secondary N) is 1. The van der Waals surface area contributed by atoms with Gasteiger partial charge in [0.2, 0.25) is 0 Å². The van der Waals surface area contributed by atoms with E-state index >= 15 is 0 Å². The molecule has 0 radical (unpaired) electrons. The Kier molecular flexibility index (Phi) is 18.3. The fraction of sp³-hybridized carbons (Fsp3) is 0.702. The van der Waals surface area contributed by atoms with Gasteiger partial charge in [-0.2, -0.15) is 0 Å². The molecule has 61 heavy (non-hydrogen) atoms. The van der Waals surface area contributed by atoms with E-state index in [9.17, 15) is 24.3 Å². The second-order valence-corrected chi connectivity index (χ2v) is 18.0. The number of nitrogens with zero attached hydrogens (tertiary/aromatic N) is 7. The third-order valence-electron chi connectivity index (χ3n) is 13.2. The zero-order chi connectivity index (χ0) is 43.9. The summed E-state index contributed by atoms with van der Waals surface area (Å²) in [5.41, 5.74) is 1.28. The van der Waals surface area contributed by atoms with Gasteiger partial charge in [0.1, 0.15) is 23.3 Å². The lowest BCUT2D eigenvalue weighted by molar-refractivity contribution is -0.139. The van der Waals surface area contributed by atoms with Gasteiger partial charge in [-0.25, -0.2) is 9.97 Å². The van der Waals surface area contributed by atoms with Crippen LogP contribution in [0.1, 0.15) is 150 Å². The Morgan fingerprint density at radius 1 is 0.639 bits per heavy atom. The Balaban J connectivity index is 0.000000231. The highest BCUT2D eigenvalue weighted by Crippen LogP contribution is 2.31. The number of carboxylic acids is 2. The third kappa shape index (κ3) is 13.4. The SMILES string of the molecule is CCCN(C)c1nc(N2CCC[C@@H](CC(=O)O)C2)ccc1C(=O)N(C)C1CCCCC1.CCCNc1nc(N2CCC[C@@H](CC(=O)O)C2)ccc1C(=O)N(C)C1CCCCC1. The normalized spacial score (nSPS) is 20.0. The number of hydrogen-bond donors (Lipinski definition) is 3. The maximum atomic E-state index is 13.4. The molecule has 4 fully saturated rings. The molecular weight excluding hydrogens is 773 g/mol. The first kappa shape index (κ1) is 47.4. The lowest BCUT2D eigenvalue weighted by Gasteiger charge is -2.35. The first-order valence-electron chi connectivity index (χ1n) is 23.3. The van der Waals surface area contributed by atoms with E-state index in [0.29, 0.717) is 42.1 Å². The van der Waals surface area contributed by atoms with Crippen molar-refractivity contribution in [2.45, 2.75) is 142 Å². The van der Waals surface area contributed by atoms with Crippen LogP contribution in [0.3, 0.4) is 0 Å². The van der Waals surface area contributed by atoms with Crippen LogP contribution in [-0.4, -0.2) is 126 Å². The topological polar surface area (TPSA) is 163 Å². The predicted molar refractivity (Wildman–Crippen MR) is 243 cm³/mol. The smallest absolute Gasteiger partial charge is 0.303 e. The van der Waals surface area contributed by atoms with Crippen molar-refractivity contribution in [3.05, 3.63) is 35.4 Å². The number of hydrogen-bond acceptors (Lipinski definition) is 10. The molecule has 0 aromatic carbocycles. The molecule has 14 heteroatoms. The van der Waals surface area contributed by atoms with Gasteiger partial charge in [-0.05, 0) is 100 Å². The van der Waals surface area contributed by atoms with Crippen molar-refractivity contribution < 1.29 is 29.4 Å². The standard InChI is InChI=1S/C24H38N4O3.C23H36N4O3/c1-4-14-26(2)23-20(24(31)27(3)19-10-6-5-7-11-19)12-13-21(25-23)28-15-8-9-18(17-28)16-22(29)30;1-3-13-24-22-19(23(30)26(2)18-9-5-4-6-10-18)11-12-20(25-22)27-14-7-8-17(16-27)15-21(28)29/h12-13,18-19H,4-11,14-17H2,1-3H3,(H,29,30);11-12,17-18H,3-10,13-16H2,1-2H3,(H,24,25)(H,28,29)/t18-;17-/m00/s1. The second-order valence-electron chi connectivity index (χ2n) is 18.0. The summed E-state index contributed by atoms with van der Waals surface area (Å²) in [6.45, 7) is 8.93. The number of aliphatic carboxylic acids is 2. The van der Waals surface area contributed by atoms with Crippen LogP contribution < -0.4 is 20.0 Å². The molecule has 0 unspecified atom stereocenters. The minimum atomic E-state index is -0.744. The monoisotopic (exact) mass is 847 g/mol. The van der Waals surface area contributed by atoms with Gasteiger partial charge in [-0.3, -0.25) is 19.2 Å². The molecule has 6 rings (SSSR count). The Hall–Kier alpha value is -4.62. The number of carbonyl (C=O) groups excluding carboxylic acids is 2. The quantitative estimate of drug-likeness (QED) is 0.149. The van der Waals surface area contributed by atoms with Crippen LogP contribution in [-0.2, 0) is 9.59 Å². The number of pyridine rings is 2. The highest BCUT2D eigenvalue weighted by Gasteiger charge is 2.30. The van der Waals surface area contributed by atoms with E-state index in [0.717, 1.165) is 108 Å². The van der Waals surface area contributed by atoms with Crippen molar-refractivity contribution in [3.63, 3.8) is 0 Å². The van der Waals surface area contributed by atoms with E-state index in [1.54, 1.807) is 0 Å². The molecule has 2 aromatic rings. The molecule has 2 aromatic heterocycles. The van der Waals surface area contributed by atoms with Crippen molar-refractivity contribution in [2.24, 2.45) is 11.8 Å². The molecule has 14 nitrogen and oxygen atoms in total. The van der Waals surface area contributed by atoms with Gasteiger partial charge in [-0.1, -0.05) is 52.4 Å². The van der Waals surface area contributed by atoms with Crippen LogP contribution in [0.15, 0.2) is 24.3 Å². The summed E-state index contributed by atoms with van der Waals surface area (Å²) in [5, 5.41) is 21.7. The summed E-state index contributed by atoms with van der Waals surface area (Å²) >= 11 is 0. The second kappa shape index (κ2) is 23.6. The maximum Gasteiger partial charge on any atom is 0.303 e. The molecule has 4 heterocycles. The molecule has 2 aliphatic heterocycles. The van der Waals surface area contributed by atoms with Gasteiger partial charge in [0.25, 0.3) is 11.8 Å².